The average Bonchev–Trinajstić information content (AvgIpc) is 3.73. The molecule has 6 aromatic carbocycles. The summed E-state index contributed by atoms with van der Waals surface area (Å²) in [5.41, 5.74) is 3.51. The van der Waals surface area contributed by atoms with E-state index < -0.39 is 60.4 Å². The van der Waals surface area contributed by atoms with Crippen molar-refractivity contribution in [3.05, 3.63) is 145 Å². The maximum Gasteiger partial charge on any atom is 0.167 e. The molecule has 5 heteroatoms. The van der Waals surface area contributed by atoms with Gasteiger partial charge in [0, 0.05) is 44.4 Å². The predicted octanol–water partition coefficient (Wildman–Crippen LogP) is 9.87. The first-order chi connectivity index (χ1) is 26.0. The van der Waals surface area contributed by atoms with Crippen LogP contribution >= 0.6 is 0 Å². The molecule has 0 bridgehead atoms. The van der Waals surface area contributed by atoms with E-state index in [1.54, 1.807) is 12.1 Å². The Balaban J connectivity index is 1.31. The van der Waals surface area contributed by atoms with Crippen molar-refractivity contribution in [3.63, 3.8) is 0 Å². The number of hydrogen-bond donors (Lipinski definition) is 0. The van der Waals surface area contributed by atoms with Gasteiger partial charge in [-0.3, -0.25) is 0 Å². The zero-order valence-corrected chi connectivity index (χ0v) is 22.8. The molecule has 0 aliphatic heterocycles. The van der Waals surface area contributed by atoms with E-state index in [2.05, 4.69) is 43.8 Å². The van der Waals surface area contributed by atoms with Gasteiger partial charge in [-0.25, -0.2) is 15.0 Å². The lowest BCUT2D eigenvalue weighted by Crippen LogP contribution is -2.00. The van der Waals surface area contributed by atoms with Gasteiger partial charge in [-0.05, 0) is 30.3 Å². The SMILES string of the molecule is [2H]c1c([2H])c([2H])c(-c2nc(-c3c([2H])c([2H])c([2H])c([2H])c3[2H])nc(-c3cccc4c3oc3cc(-n5c6ccccc6c6ccccc65)ccc34)n2)c([2H])c1[2H]. The van der Waals surface area contributed by atoms with Gasteiger partial charge in [-0.15, -0.1) is 0 Å². The van der Waals surface area contributed by atoms with Crippen molar-refractivity contribution in [3.8, 4) is 39.9 Å². The van der Waals surface area contributed by atoms with Gasteiger partial charge in [-0.2, -0.15) is 0 Å². The van der Waals surface area contributed by atoms with Gasteiger partial charge in [0.05, 0.1) is 30.3 Å². The number of fused-ring (bicyclic) bond motifs is 6. The van der Waals surface area contributed by atoms with Crippen LogP contribution in [-0.4, -0.2) is 19.5 Å². The highest BCUT2D eigenvalue weighted by Gasteiger charge is 2.19. The molecule has 3 aromatic heterocycles. The highest BCUT2D eigenvalue weighted by atomic mass is 16.3. The summed E-state index contributed by atoms with van der Waals surface area (Å²) in [6.45, 7) is 0. The molecule has 0 radical (unpaired) electrons. The van der Waals surface area contributed by atoms with Gasteiger partial charge in [0.15, 0.2) is 17.5 Å². The van der Waals surface area contributed by atoms with Gasteiger partial charge >= 0.3 is 0 Å². The van der Waals surface area contributed by atoms with Crippen LogP contribution in [0.5, 0.6) is 0 Å². The largest absolute Gasteiger partial charge is 0.455 e. The number of furan rings is 1. The van der Waals surface area contributed by atoms with Crippen LogP contribution in [-0.2, 0) is 0 Å². The average molecular weight is 575 g/mol. The Morgan fingerprint density at radius 2 is 1.09 bits per heavy atom. The van der Waals surface area contributed by atoms with Crippen LogP contribution in [0.15, 0.2) is 150 Å². The summed E-state index contributed by atoms with van der Waals surface area (Å²) >= 11 is 0. The molecule has 0 spiro atoms. The molecule has 9 rings (SSSR count). The van der Waals surface area contributed by atoms with E-state index >= 15 is 0 Å². The summed E-state index contributed by atoms with van der Waals surface area (Å²) in [4.78, 5) is 13.6. The molecule has 0 amide bonds. The fourth-order valence-corrected chi connectivity index (χ4v) is 5.75. The van der Waals surface area contributed by atoms with E-state index in [1.165, 1.54) is 0 Å². The van der Waals surface area contributed by atoms with Crippen LogP contribution in [0.3, 0.4) is 0 Å². The van der Waals surface area contributed by atoms with Crippen molar-refractivity contribution in [1.29, 1.82) is 0 Å². The third-order valence-electron chi connectivity index (χ3n) is 7.64. The summed E-state index contributed by atoms with van der Waals surface area (Å²) in [7, 11) is 0. The molecule has 0 fully saturated rings. The zero-order chi connectivity index (χ0) is 37.7. The van der Waals surface area contributed by atoms with E-state index in [0.717, 1.165) is 32.9 Å². The molecular formula is C39H24N4O. The highest BCUT2D eigenvalue weighted by molar-refractivity contribution is 6.11. The number of nitrogens with zero attached hydrogens (tertiary/aromatic N) is 4. The summed E-state index contributed by atoms with van der Waals surface area (Å²) in [6, 6.07) is 21.6. The Kier molecular flexibility index (Phi) is 3.66. The summed E-state index contributed by atoms with van der Waals surface area (Å²) < 4.78 is 92.5. The number of aromatic nitrogens is 4. The van der Waals surface area contributed by atoms with Crippen LogP contribution < -0.4 is 0 Å². The first-order valence-electron chi connectivity index (χ1n) is 18.8. The Hall–Kier alpha value is -6.07. The second kappa shape index (κ2) is 9.75. The minimum Gasteiger partial charge on any atom is -0.455 e. The standard InChI is InChI=1S/C39H24N4O/c1-3-12-25(13-4-1)37-40-38(26-14-5-2-6-15-26)42-39(41-37)32-19-11-18-31-30-23-22-27(24-35(30)44-36(31)32)43-33-20-9-7-16-28(33)29-17-8-10-21-34(29)43/h1-24H/i1D,2D,3D,4D,5D,6D,12D,13D,14D,15D. The Morgan fingerprint density at radius 3 is 1.73 bits per heavy atom. The number of para-hydroxylation sites is 3. The van der Waals surface area contributed by atoms with Crippen LogP contribution in [0.2, 0.25) is 0 Å². The molecule has 5 nitrogen and oxygen atoms in total. The van der Waals surface area contributed by atoms with E-state index in [4.69, 9.17) is 18.1 Å². The molecule has 206 valence electrons. The molecule has 0 saturated carbocycles. The Morgan fingerprint density at radius 1 is 0.523 bits per heavy atom. The monoisotopic (exact) mass is 574 g/mol. The van der Waals surface area contributed by atoms with Crippen molar-refractivity contribution >= 4 is 43.7 Å². The van der Waals surface area contributed by atoms with Crippen molar-refractivity contribution in [2.75, 3.05) is 0 Å². The molecule has 44 heavy (non-hydrogen) atoms. The van der Waals surface area contributed by atoms with Crippen LogP contribution in [0.1, 0.15) is 13.7 Å². The maximum atomic E-state index is 8.64. The van der Waals surface area contributed by atoms with Crippen molar-refractivity contribution < 1.29 is 18.1 Å². The zero-order valence-electron chi connectivity index (χ0n) is 32.8. The Bertz CT molecular complexity index is 2880. The van der Waals surface area contributed by atoms with Gasteiger partial charge in [0.25, 0.3) is 0 Å². The molecule has 0 unspecified atom stereocenters. The highest BCUT2D eigenvalue weighted by Crippen LogP contribution is 2.38. The fraction of sp³-hybridized carbons (Fsp3) is 0. The molecule has 9 aromatic rings. The second-order valence-electron chi connectivity index (χ2n) is 10.1. The quantitative estimate of drug-likeness (QED) is 0.210. The fourth-order valence-electron chi connectivity index (χ4n) is 5.75. The topological polar surface area (TPSA) is 56.7 Å². The van der Waals surface area contributed by atoms with Gasteiger partial charge < -0.3 is 8.98 Å². The lowest BCUT2D eigenvalue weighted by molar-refractivity contribution is 0.669. The van der Waals surface area contributed by atoms with E-state index in [0.29, 0.717) is 22.1 Å². The number of benzene rings is 6. The normalized spacial score (nSPS) is 14.8. The predicted molar refractivity (Wildman–Crippen MR) is 178 cm³/mol. The first-order valence-corrected chi connectivity index (χ1v) is 13.8. The van der Waals surface area contributed by atoms with Crippen LogP contribution in [0.4, 0.5) is 0 Å². The second-order valence-corrected chi connectivity index (χ2v) is 10.1. The molecule has 0 N–H and O–H groups in total. The van der Waals surface area contributed by atoms with E-state index in [9.17, 15) is 0 Å². The number of hydrogen-bond acceptors (Lipinski definition) is 4. The molecule has 0 aliphatic carbocycles. The smallest absolute Gasteiger partial charge is 0.167 e. The number of rotatable bonds is 4. The third-order valence-corrected chi connectivity index (χ3v) is 7.64. The van der Waals surface area contributed by atoms with Crippen molar-refractivity contribution in [2.24, 2.45) is 0 Å². The van der Waals surface area contributed by atoms with E-state index in [1.807, 2.05) is 48.5 Å². The van der Waals surface area contributed by atoms with Crippen LogP contribution in [0, 0.1) is 0 Å². The molecule has 0 saturated heterocycles. The molecule has 3 heterocycles. The summed E-state index contributed by atoms with van der Waals surface area (Å²) in [5.74, 6) is -0.762. The van der Waals surface area contributed by atoms with Crippen LogP contribution in [0.25, 0.3) is 83.6 Å². The minimum absolute atomic E-state index is 0.0686. The maximum absolute atomic E-state index is 8.64. The molecular weight excluding hydrogens is 540 g/mol. The molecule has 0 atom stereocenters. The summed E-state index contributed by atoms with van der Waals surface area (Å²) in [6.07, 6.45) is 0. The lowest BCUT2D eigenvalue weighted by atomic mass is 10.1. The van der Waals surface area contributed by atoms with Crippen molar-refractivity contribution in [1.82, 2.24) is 19.5 Å². The van der Waals surface area contributed by atoms with Gasteiger partial charge in [0.2, 0.25) is 0 Å². The summed E-state index contributed by atoms with van der Waals surface area (Å²) in [5, 5.41) is 3.73. The minimum atomic E-state index is -0.615. The van der Waals surface area contributed by atoms with E-state index in [-0.39, 0.29) is 28.6 Å². The lowest BCUT2D eigenvalue weighted by Gasteiger charge is -2.08. The van der Waals surface area contributed by atoms with Gasteiger partial charge in [0.1, 0.15) is 11.2 Å². The van der Waals surface area contributed by atoms with Crippen molar-refractivity contribution in [2.45, 2.75) is 0 Å². The third kappa shape index (κ3) is 3.83. The van der Waals surface area contributed by atoms with Gasteiger partial charge in [-0.1, -0.05) is 109 Å². The Labute approximate surface area is 266 Å². The molecule has 0 aliphatic rings. The first kappa shape index (κ1) is 16.5.